The van der Waals surface area contributed by atoms with Crippen molar-refractivity contribution in [3.63, 3.8) is 0 Å². The van der Waals surface area contributed by atoms with Gasteiger partial charge in [-0.15, -0.1) is 0 Å². The summed E-state index contributed by atoms with van der Waals surface area (Å²) in [5, 5.41) is 8.56. The van der Waals surface area contributed by atoms with Gasteiger partial charge in [0.15, 0.2) is 0 Å². The average Bonchev–Trinajstić information content (AvgIpc) is 2.61. The monoisotopic (exact) mass is 353 g/mol. The van der Waals surface area contributed by atoms with E-state index in [0.29, 0.717) is 11.3 Å². The summed E-state index contributed by atoms with van der Waals surface area (Å²) in [6.07, 6.45) is 1.79. The Labute approximate surface area is 155 Å². The number of hydrogen-bond donors (Lipinski definition) is 3. The van der Waals surface area contributed by atoms with Crippen molar-refractivity contribution in [2.45, 2.75) is 45.7 Å². The first kappa shape index (κ1) is 19.5. The standard InChI is InChI=1S/C21H27N3O2/c1-15(2)22-20(25)18-11-13-19(14-12-18)24-21(26)23-16(3)9-10-17-7-5-4-6-8-17/h4-8,11-16H,9-10H2,1-3H3,(H,22,25)(H2,23,24,26). The Bertz CT molecular complexity index is 712. The van der Waals surface area contributed by atoms with E-state index in [1.807, 2.05) is 39.0 Å². The number of nitrogens with one attached hydrogen (secondary N) is 3. The molecule has 0 radical (unpaired) electrons. The second-order valence-corrected chi connectivity index (χ2v) is 6.73. The molecule has 2 rings (SSSR count). The zero-order valence-electron chi connectivity index (χ0n) is 15.6. The number of hydrogen-bond acceptors (Lipinski definition) is 2. The van der Waals surface area contributed by atoms with E-state index in [4.69, 9.17) is 0 Å². The molecule has 0 aliphatic rings. The normalized spacial score (nSPS) is 11.7. The number of anilines is 1. The molecule has 0 spiro atoms. The lowest BCUT2D eigenvalue weighted by Crippen LogP contribution is -2.36. The molecule has 5 nitrogen and oxygen atoms in total. The molecular weight excluding hydrogens is 326 g/mol. The predicted molar refractivity (Wildman–Crippen MR) is 105 cm³/mol. The Morgan fingerprint density at radius 1 is 0.885 bits per heavy atom. The SMILES string of the molecule is CC(C)NC(=O)c1ccc(NC(=O)NC(C)CCc2ccccc2)cc1. The molecule has 3 N–H and O–H groups in total. The molecule has 3 amide bonds. The molecule has 0 aliphatic heterocycles. The van der Waals surface area contributed by atoms with Crippen molar-refractivity contribution in [3.8, 4) is 0 Å². The predicted octanol–water partition coefficient (Wildman–Crippen LogP) is 3.97. The Hall–Kier alpha value is -2.82. The van der Waals surface area contributed by atoms with Gasteiger partial charge in [-0.25, -0.2) is 4.79 Å². The van der Waals surface area contributed by atoms with Crippen LogP contribution in [0.4, 0.5) is 10.5 Å². The maximum Gasteiger partial charge on any atom is 0.319 e. The first-order valence-electron chi connectivity index (χ1n) is 8.96. The fraction of sp³-hybridized carbons (Fsp3) is 0.333. The van der Waals surface area contributed by atoms with Crippen molar-refractivity contribution in [2.75, 3.05) is 5.32 Å². The molecule has 26 heavy (non-hydrogen) atoms. The summed E-state index contributed by atoms with van der Waals surface area (Å²) in [4.78, 5) is 24.0. The molecule has 0 saturated carbocycles. The number of urea groups is 1. The van der Waals surface area contributed by atoms with Crippen LogP contribution in [0.2, 0.25) is 0 Å². The molecule has 0 aliphatic carbocycles. The van der Waals surface area contributed by atoms with Crippen LogP contribution < -0.4 is 16.0 Å². The van der Waals surface area contributed by atoms with Crippen molar-refractivity contribution in [2.24, 2.45) is 0 Å². The number of rotatable bonds is 7. The van der Waals surface area contributed by atoms with E-state index >= 15 is 0 Å². The molecule has 0 bridgehead atoms. The third-order valence-corrected chi connectivity index (χ3v) is 3.91. The molecule has 0 saturated heterocycles. The van der Waals surface area contributed by atoms with E-state index in [1.54, 1.807) is 24.3 Å². The lowest BCUT2D eigenvalue weighted by molar-refractivity contribution is 0.0943. The number of aryl methyl sites for hydroxylation is 1. The third kappa shape index (κ3) is 6.59. The smallest absolute Gasteiger partial charge is 0.319 e. The third-order valence-electron chi connectivity index (χ3n) is 3.91. The summed E-state index contributed by atoms with van der Waals surface area (Å²) in [5.41, 5.74) is 2.48. The van der Waals surface area contributed by atoms with Gasteiger partial charge in [0.2, 0.25) is 0 Å². The van der Waals surface area contributed by atoms with Gasteiger partial charge in [0.1, 0.15) is 0 Å². The van der Waals surface area contributed by atoms with Crippen LogP contribution in [0.15, 0.2) is 54.6 Å². The summed E-state index contributed by atoms with van der Waals surface area (Å²) in [5.74, 6) is -0.120. The molecule has 2 aromatic rings. The van der Waals surface area contributed by atoms with Crippen LogP contribution in [0.25, 0.3) is 0 Å². The minimum absolute atomic E-state index is 0.0614. The topological polar surface area (TPSA) is 70.2 Å². The van der Waals surface area contributed by atoms with Crippen LogP contribution in [-0.4, -0.2) is 24.0 Å². The van der Waals surface area contributed by atoms with E-state index in [9.17, 15) is 9.59 Å². The van der Waals surface area contributed by atoms with Gasteiger partial charge in [-0.05, 0) is 63.4 Å². The van der Waals surface area contributed by atoms with Gasteiger partial charge in [-0.3, -0.25) is 4.79 Å². The summed E-state index contributed by atoms with van der Waals surface area (Å²) in [6.45, 7) is 5.82. The number of carbonyl (C=O) groups excluding carboxylic acids is 2. The number of amides is 3. The van der Waals surface area contributed by atoms with Crippen LogP contribution in [0.3, 0.4) is 0 Å². The highest BCUT2D eigenvalue weighted by Gasteiger charge is 2.09. The zero-order chi connectivity index (χ0) is 18.9. The second kappa shape index (κ2) is 9.61. The summed E-state index contributed by atoms with van der Waals surface area (Å²) in [7, 11) is 0. The molecule has 5 heteroatoms. The van der Waals surface area contributed by atoms with E-state index < -0.39 is 0 Å². The Balaban J connectivity index is 1.79. The lowest BCUT2D eigenvalue weighted by Gasteiger charge is -2.15. The zero-order valence-corrected chi connectivity index (χ0v) is 15.6. The minimum atomic E-state index is -0.245. The highest BCUT2D eigenvalue weighted by atomic mass is 16.2. The van der Waals surface area contributed by atoms with Crippen molar-refractivity contribution < 1.29 is 9.59 Å². The van der Waals surface area contributed by atoms with Gasteiger partial charge in [0.25, 0.3) is 5.91 Å². The van der Waals surface area contributed by atoms with Crippen molar-refractivity contribution >= 4 is 17.6 Å². The largest absolute Gasteiger partial charge is 0.350 e. The van der Waals surface area contributed by atoms with Gasteiger partial charge in [-0.1, -0.05) is 30.3 Å². The van der Waals surface area contributed by atoms with Crippen molar-refractivity contribution in [3.05, 3.63) is 65.7 Å². The molecule has 0 aromatic heterocycles. The van der Waals surface area contributed by atoms with Gasteiger partial charge in [0, 0.05) is 23.3 Å². The van der Waals surface area contributed by atoms with Crippen LogP contribution >= 0.6 is 0 Å². The van der Waals surface area contributed by atoms with Crippen LogP contribution in [0.1, 0.15) is 43.1 Å². The van der Waals surface area contributed by atoms with Gasteiger partial charge in [0.05, 0.1) is 0 Å². The van der Waals surface area contributed by atoms with Crippen molar-refractivity contribution in [1.82, 2.24) is 10.6 Å². The van der Waals surface area contributed by atoms with Gasteiger partial charge < -0.3 is 16.0 Å². The molecule has 0 heterocycles. The maximum atomic E-state index is 12.1. The highest BCUT2D eigenvalue weighted by Crippen LogP contribution is 2.10. The van der Waals surface area contributed by atoms with Gasteiger partial charge in [-0.2, -0.15) is 0 Å². The quantitative estimate of drug-likeness (QED) is 0.705. The van der Waals surface area contributed by atoms with Gasteiger partial charge >= 0.3 is 6.03 Å². The van der Waals surface area contributed by atoms with Crippen LogP contribution in [0, 0.1) is 0 Å². The first-order chi connectivity index (χ1) is 12.4. The molecule has 1 atom stereocenters. The summed E-state index contributed by atoms with van der Waals surface area (Å²) < 4.78 is 0. The van der Waals surface area contributed by atoms with E-state index in [-0.39, 0.29) is 24.0 Å². The van der Waals surface area contributed by atoms with Crippen LogP contribution in [0.5, 0.6) is 0 Å². The Morgan fingerprint density at radius 3 is 2.15 bits per heavy atom. The molecule has 2 aromatic carbocycles. The number of carbonyl (C=O) groups is 2. The lowest BCUT2D eigenvalue weighted by atomic mass is 10.1. The highest BCUT2D eigenvalue weighted by molar-refractivity contribution is 5.95. The average molecular weight is 353 g/mol. The molecule has 1 unspecified atom stereocenters. The fourth-order valence-corrected chi connectivity index (χ4v) is 2.54. The van der Waals surface area contributed by atoms with Crippen molar-refractivity contribution in [1.29, 1.82) is 0 Å². The van der Waals surface area contributed by atoms with E-state index in [0.717, 1.165) is 12.8 Å². The Morgan fingerprint density at radius 2 is 1.54 bits per heavy atom. The van der Waals surface area contributed by atoms with E-state index in [2.05, 4.69) is 28.1 Å². The molecule has 138 valence electrons. The minimum Gasteiger partial charge on any atom is -0.350 e. The number of benzene rings is 2. The Kier molecular flexibility index (Phi) is 7.21. The van der Waals surface area contributed by atoms with Crippen LogP contribution in [-0.2, 0) is 6.42 Å². The summed E-state index contributed by atoms with van der Waals surface area (Å²) in [6, 6.07) is 17.0. The summed E-state index contributed by atoms with van der Waals surface area (Å²) >= 11 is 0. The second-order valence-electron chi connectivity index (χ2n) is 6.73. The maximum absolute atomic E-state index is 12.1. The van der Waals surface area contributed by atoms with E-state index in [1.165, 1.54) is 5.56 Å². The molecule has 0 fully saturated rings. The molecular formula is C21H27N3O2. The fourth-order valence-electron chi connectivity index (χ4n) is 2.54. The first-order valence-corrected chi connectivity index (χ1v) is 8.96.